The summed E-state index contributed by atoms with van der Waals surface area (Å²) in [5.41, 5.74) is 1.51. The Kier molecular flexibility index (Phi) is 6.09. The standard InChI is InChI=1S/C22H24BrN3O3S/c1-14-15(2)30-20-19(14)21(28)26(13-24-20)9-6-18(27)25-22(7-10-29-11-8-22)16-4-3-5-17(23)12-16/h3-5,12-13H,6-11H2,1-2H3,(H,25,27). The van der Waals surface area contributed by atoms with Crippen molar-refractivity contribution in [1.82, 2.24) is 14.9 Å². The molecule has 0 atom stereocenters. The Morgan fingerprint density at radius 3 is 2.83 bits per heavy atom. The number of aryl methyl sites for hydroxylation is 3. The van der Waals surface area contributed by atoms with Crippen LogP contribution in [0.2, 0.25) is 0 Å². The Labute approximate surface area is 187 Å². The topological polar surface area (TPSA) is 73.2 Å². The van der Waals surface area contributed by atoms with Crippen LogP contribution in [0, 0.1) is 13.8 Å². The van der Waals surface area contributed by atoms with Crippen molar-refractivity contribution in [2.24, 2.45) is 0 Å². The number of halogens is 1. The molecule has 2 aromatic heterocycles. The SMILES string of the molecule is Cc1sc2ncn(CCC(=O)NC3(c4cccc(Br)c4)CCOCC3)c(=O)c2c1C. The van der Waals surface area contributed by atoms with Crippen LogP contribution in [0.25, 0.3) is 10.2 Å². The fourth-order valence-corrected chi connectivity index (χ4v) is 5.36. The first-order valence-corrected chi connectivity index (χ1v) is 11.6. The second kappa shape index (κ2) is 8.61. The third kappa shape index (κ3) is 4.08. The first-order valence-electron chi connectivity index (χ1n) is 9.99. The second-order valence-corrected chi connectivity index (χ2v) is 9.83. The molecule has 6 nitrogen and oxygen atoms in total. The van der Waals surface area contributed by atoms with Crippen molar-refractivity contribution < 1.29 is 9.53 Å². The molecule has 158 valence electrons. The van der Waals surface area contributed by atoms with E-state index in [1.54, 1.807) is 6.33 Å². The van der Waals surface area contributed by atoms with Crippen molar-refractivity contribution >= 4 is 43.4 Å². The molecule has 1 aliphatic rings. The van der Waals surface area contributed by atoms with Gasteiger partial charge in [0.15, 0.2) is 0 Å². The Bertz CT molecular complexity index is 1150. The number of ether oxygens (including phenoxy) is 1. The van der Waals surface area contributed by atoms with Crippen LogP contribution in [0.15, 0.2) is 39.9 Å². The number of hydrogen-bond donors (Lipinski definition) is 1. The predicted molar refractivity (Wildman–Crippen MR) is 122 cm³/mol. The maximum Gasteiger partial charge on any atom is 0.262 e. The normalized spacial score (nSPS) is 16.0. The third-order valence-corrected chi connectivity index (χ3v) is 7.45. The van der Waals surface area contributed by atoms with Gasteiger partial charge in [-0.1, -0.05) is 28.1 Å². The molecule has 0 unspecified atom stereocenters. The van der Waals surface area contributed by atoms with Crippen LogP contribution >= 0.6 is 27.3 Å². The Morgan fingerprint density at radius 1 is 1.33 bits per heavy atom. The number of carbonyl (C=O) groups excluding carboxylic acids is 1. The molecule has 4 rings (SSSR count). The molecule has 3 aromatic rings. The van der Waals surface area contributed by atoms with Gasteiger partial charge in [0.25, 0.3) is 5.56 Å². The van der Waals surface area contributed by atoms with Crippen molar-refractivity contribution in [3.63, 3.8) is 0 Å². The highest BCUT2D eigenvalue weighted by atomic mass is 79.9. The van der Waals surface area contributed by atoms with E-state index < -0.39 is 5.54 Å². The average molecular weight is 490 g/mol. The van der Waals surface area contributed by atoms with Crippen LogP contribution in [0.4, 0.5) is 0 Å². The van der Waals surface area contributed by atoms with Gasteiger partial charge in [0.05, 0.1) is 17.3 Å². The summed E-state index contributed by atoms with van der Waals surface area (Å²) >= 11 is 5.06. The zero-order valence-electron chi connectivity index (χ0n) is 17.0. The maximum atomic E-state index is 12.9. The number of aromatic nitrogens is 2. The lowest BCUT2D eigenvalue weighted by molar-refractivity contribution is -0.124. The first-order chi connectivity index (χ1) is 14.4. The van der Waals surface area contributed by atoms with Gasteiger partial charge in [0, 0.05) is 35.5 Å². The third-order valence-electron chi connectivity index (χ3n) is 5.84. The fourth-order valence-electron chi connectivity index (χ4n) is 3.97. The fraction of sp³-hybridized carbons (Fsp3) is 0.409. The minimum absolute atomic E-state index is 0.0811. The number of carbonyl (C=O) groups is 1. The molecule has 0 radical (unpaired) electrons. The molecule has 1 saturated heterocycles. The van der Waals surface area contributed by atoms with Gasteiger partial charge < -0.3 is 10.1 Å². The van der Waals surface area contributed by atoms with Gasteiger partial charge in [0.1, 0.15) is 4.83 Å². The van der Waals surface area contributed by atoms with Crippen LogP contribution in [-0.4, -0.2) is 28.7 Å². The zero-order valence-corrected chi connectivity index (χ0v) is 19.4. The summed E-state index contributed by atoms with van der Waals surface area (Å²) < 4.78 is 8.06. The lowest BCUT2D eigenvalue weighted by Gasteiger charge is -2.38. The van der Waals surface area contributed by atoms with Crippen LogP contribution in [-0.2, 0) is 21.6 Å². The number of thiophene rings is 1. The molecule has 0 bridgehead atoms. The molecule has 1 N–H and O–H groups in total. The summed E-state index contributed by atoms with van der Waals surface area (Å²) in [6.45, 7) is 5.44. The van der Waals surface area contributed by atoms with Gasteiger partial charge >= 0.3 is 0 Å². The monoisotopic (exact) mass is 489 g/mol. The molecule has 0 spiro atoms. The van der Waals surface area contributed by atoms with E-state index in [0.29, 0.717) is 25.1 Å². The van der Waals surface area contributed by atoms with E-state index in [2.05, 4.69) is 32.3 Å². The van der Waals surface area contributed by atoms with Gasteiger partial charge in [-0.2, -0.15) is 0 Å². The molecule has 1 aromatic carbocycles. The van der Waals surface area contributed by atoms with Gasteiger partial charge in [-0.15, -0.1) is 11.3 Å². The predicted octanol–water partition coefficient (Wildman–Crippen LogP) is 4.05. The lowest BCUT2D eigenvalue weighted by atomic mass is 9.82. The molecular formula is C22H24BrN3O3S. The summed E-state index contributed by atoms with van der Waals surface area (Å²) in [5.74, 6) is -0.0814. The van der Waals surface area contributed by atoms with Gasteiger partial charge in [-0.25, -0.2) is 4.98 Å². The Balaban J connectivity index is 1.52. The highest BCUT2D eigenvalue weighted by molar-refractivity contribution is 9.10. The number of benzene rings is 1. The smallest absolute Gasteiger partial charge is 0.262 e. The number of hydrogen-bond acceptors (Lipinski definition) is 5. The highest BCUT2D eigenvalue weighted by Gasteiger charge is 2.36. The number of amides is 1. The highest BCUT2D eigenvalue weighted by Crippen LogP contribution is 2.33. The van der Waals surface area contributed by atoms with E-state index in [-0.39, 0.29) is 17.9 Å². The molecule has 1 aliphatic heterocycles. The van der Waals surface area contributed by atoms with E-state index in [0.717, 1.165) is 38.1 Å². The Hall–Kier alpha value is -2.03. The summed E-state index contributed by atoms with van der Waals surface area (Å²) in [6, 6.07) is 8.05. The van der Waals surface area contributed by atoms with Gasteiger partial charge in [0.2, 0.25) is 5.91 Å². The van der Waals surface area contributed by atoms with Gasteiger partial charge in [-0.05, 0) is 49.9 Å². The van der Waals surface area contributed by atoms with Crippen molar-refractivity contribution in [2.75, 3.05) is 13.2 Å². The summed E-state index contributed by atoms with van der Waals surface area (Å²) in [5, 5.41) is 3.91. The number of fused-ring (bicyclic) bond motifs is 1. The first kappa shape index (κ1) is 21.2. The summed E-state index contributed by atoms with van der Waals surface area (Å²) in [4.78, 5) is 32.0. The van der Waals surface area contributed by atoms with Crippen molar-refractivity contribution in [3.8, 4) is 0 Å². The van der Waals surface area contributed by atoms with E-state index in [9.17, 15) is 9.59 Å². The molecule has 8 heteroatoms. The zero-order chi connectivity index (χ0) is 21.3. The molecule has 30 heavy (non-hydrogen) atoms. The molecule has 1 fully saturated rings. The van der Waals surface area contributed by atoms with Crippen LogP contribution in [0.1, 0.15) is 35.3 Å². The van der Waals surface area contributed by atoms with Crippen LogP contribution in [0.3, 0.4) is 0 Å². The minimum atomic E-state index is -0.451. The largest absolute Gasteiger partial charge is 0.381 e. The molecule has 0 saturated carbocycles. The summed E-state index contributed by atoms with van der Waals surface area (Å²) in [7, 11) is 0. The van der Waals surface area contributed by atoms with E-state index >= 15 is 0 Å². The minimum Gasteiger partial charge on any atom is -0.381 e. The molecule has 3 heterocycles. The number of nitrogens with one attached hydrogen (secondary N) is 1. The maximum absolute atomic E-state index is 12.9. The molecule has 1 amide bonds. The van der Waals surface area contributed by atoms with Crippen molar-refractivity contribution in [1.29, 1.82) is 0 Å². The van der Waals surface area contributed by atoms with E-state index in [1.165, 1.54) is 15.9 Å². The molecule has 0 aliphatic carbocycles. The Morgan fingerprint density at radius 2 is 2.10 bits per heavy atom. The number of nitrogens with zero attached hydrogens (tertiary/aromatic N) is 2. The van der Waals surface area contributed by atoms with Crippen molar-refractivity contribution in [3.05, 3.63) is 61.4 Å². The van der Waals surface area contributed by atoms with Crippen LogP contribution < -0.4 is 10.9 Å². The lowest BCUT2D eigenvalue weighted by Crippen LogP contribution is -2.49. The van der Waals surface area contributed by atoms with Gasteiger partial charge in [-0.3, -0.25) is 14.2 Å². The molecular weight excluding hydrogens is 466 g/mol. The van der Waals surface area contributed by atoms with Crippen molar-refractivity contribution in [2.45, 2.75) is 45.2 Å². The quantitative estimate of drug-likeness (QED) is 0.586. The van der Waals surface area contributed by atoms with E-state index in [4.69, 9.17) is 4.74 Å². The van der Waals surface area contributed by atoms with E-state index in [1.807, 2.05) is 32.0 Å². The second-order valence-electron chi connectivity index (χ2n) is 7.71. The summed E-state index contributed by atoms with van der Waals surface area (Å²) in [6.07, 6.45) is 3.20. The average Bonchev–Trinajstić information content (AvgIpc) is 3.02. The number of rotatable bonds is 5. The van der Waals surface area contributed by atoms with Crippen LogP contribution in [0.5, 0.6) is 0 Å².